The van der Waals surface area contributed by atoms with Gasteiger partial charge in [0.2, 0.25) is 0 Å². The first kappa shape index (κ1) is 8.50. The van der Waals surface area contributed by atoms with Crippen molar-refractivity contribution < 1.29 is 9.90 Å². The maximum atomic E-state index is 10.8. The number of benzene rings is 1. The van der Waals surface area contributed by atoms with Gasteiger partial charge in [-0.25, -0.2) is 14.3 Å². The number of carboxylic acid groups (broad SMARTS) is 1. The molecule has 4 nitrogen and oxygen atoms in total. The molecule has 1 heterocycles. The monoisotopic (exact) mass is 188 g/mol. The highest BCUT2D eigenvalue weighted by atomic mass is 16.4. The van der Waals surface area contributed by atoms with Crippen molar-refractivity contribution >= 4 is 6.09 Å². The van der Waals surface area contributed by atoms with Gasteiger partial charge >= 0.3 is 6.09 Å². The van der Waals surface area contributed by atoms with Crippen molar-refractivity contribution in [2.75, 3.05) is 0 Å². The number of imidazole rings is 1. The molecule has 0 saturated carbocycles. The zero-order chi connectivity index (χ0) is 9.97. The molecule has 1 aromatic heterocycles. The molecule has 1 N–H and O–H groups in total. The Kier molecular flexibility index (Phi) is 2.02. The number of aromatic nitrogens is 2. The predicted octanol–water partition coefficient (Wildman–Crippen LogP) is 2.08. The molecular formula is C10H8N2O2. The summed E-state index contributed by atoms with van der Waals surface area (Å²) in [5, 5.41) is 8.84. The summed E-state index contributed by atoms with van der Waals surface area (Å²) < 4.78 is 1.09. The lowest BCUT2D eigenvalue weighted by Crippen LogP contribution is -2.08. The molecule has 2 rings (SSSR count). The average Bonchev–Trinajstić information content (AvgIpc) is 2.67. The maximum absolute atomic E-state index is 10.8. The molecule has 0 saturated heterocycles. The van der Waals surface area contributed by atoms with Crippen molar-refractivity contribution in [1.29, 1.82) is 0 Å². The fourth-order valence-corrected chi connectivity index (χ4v) is 1.26. The van der Waals surface area contributed by atoms with E-state index in [0.717, 1.165) is 10.1 Å². The Morgan fingerprint density at radius 2 is 2.00 bits per heavy atom. The molecule has 0 atom stereocenters. The summed E-state index contributed by atoms with van der Waals surface area (Å²) in [6.45, 7) is 0. The SMILES string of the molecule is O=C(O)n1ccnc1-c1ccccc1. The third kappa shape index (κ3) is 1.37. The summed E-state index contributed by atoms with van der Waals surface area (Å²) in [4.78, 5) is 14.8. The van der Waals surface area contributed by atoms with E-state index in [-0.39, 0.29) is 0 Å². The molecule has 0 fully saturated rings. The Bertz CT molecular complexity index is 448. The quantitative estimate of drug-likeness (QED) is 0.745. The van der Waals surface area contributed by atoms with Crippen LogP contribution in [-0.4, -0.2) is 20.8 Å². The zero-order valence-corrected chi connectivity index (χ0v) is 7.29. The van der Waals surface area contributed by atoms with Crippen LogP contribution in [0.15, 0.2) is 42.7 Å². The van der Waals surface area contributed by atoms with Crippen molar-refractivity contribution in [1.82, 2.24) is 9.55 Å². The minimum absolute atomic E-state index is 0.443. The first-order valence-electron chi connectivity index (χ1n) is 4.11. The van der Waals surface area contributed by atoms with Crippen molar-refractivity contribution in [3.05, 3.63) is 42.7 Å². The summed E-state index contributed by atoms with van der Waals surface area (Å²) >= 11 is 0. The summed E-state index contributed by atoms with van der Waals surface area (Å²) in [6.07, 6.45) is 1.86. The van der Waals surface area contributed by atoms with Crippen LogP contribution >= 0.6 is 0 Å². The zero-order valence-electron chi connectivity index (χ0n) is 7.29. The molecule has 2 aromatic rings. The van der Waals surface area contributed by atoms with Crippen molar-refractivity contribution in [3.8, 4) is 11.4 Å². The second kappa shape index (κ2) is 3.33. The summed E-state index contributed by atoms with van der Waals surface area (Å²) in [5.41, 5.74) is 0.792. The highest BCUT2D eigenvalue weighted by Crippen LogP contribution is 2.15. The summed E-state index contributed by atoms with van der Waals surface area (Å²) in [6, 6.07) is 9.20. The van der Waals surface area contributed by atoms with Crippen LogP contribution in [-0.2, 0) is 0 Å². The van der Waals surface area contributed by atoms with E-state index in [4.69, 9.17) is 5.11 Å². The number of hydrogen-bond donors (Lipinski definition) is 1. The van der Waals surface area contributed by atoms with Gasteiger partial charge in [-0.15, -0.1) is 0 Å². The Morgan fingerprint density at radius 3 is 2.64 bits per heavy atom. The van der Waals surface area contributed by atoms with Crippen LogP contribution in [0.2, 0.25) is 0 Å². The second-order valence-electron chi connectivity index (χ2n) is 2.77. The van der Waals surface area contributed by atoms with Crippen LogP contribution in [0.3, 0.4) is 0 Å². The minimum Gasteiger partial charge on any atom is -0.464 e. The van der Waals surface area contributed by atoms with Gasteiger partial charge in [0.05, 0.1) is 0 Å². The van der Waals surface area contributed by atoms with E-state index in [1.54, 1.807) is 0 Å². The predicted molar refractivity (Wildman–Crippen MR) is 51.1 cm³/mol. The van der Waals surface area contributed by atoms with Crippen molar-refractivity contribution in [2.45, 2.75) is 0 Å². The molecule has 0 spiro atoms. The van der Waals surface area contributed by atoms with Gasteiger partial charge in [-0.3, -0.25) is 0 Å². The van der Waals surface area contributed by atoms with E-state index < -0.39 is 6.09 Å². The van der Waals surface area contributed by atoms with Crippen LogP contribution in [0.25, 0.3) is 11.4 Å². The number of carbonyl (C=O) groups is 1. The maximum Gasteiger partial charge on any atom is 0.417 e. The molecule has 70 valence electrons. The van der Waals surface area contributed by atoms with Gasteiger partial charge in [-0.05, 0) is 0 Å². The first-order valence-corrected chi connectivity index (χ1v) is 4.11. The highest BCUT2D eigenvalue weighted by molar-refractivity contribution is 5.74. The third-order valence-electron chi connectivity index (χ3n) is 1.88. The normalized spacial score (nSPS) is 10.0. The van der Waals surface area contributed by atoms with Crippen LogP contribution < -0.4 is 0 Å². The van der Waals surface area contributed by atoms with E-state index in [0.29, 0.717) is 5.82 Å². The Morgan fingerprint density at radius 1 is 1.29 bits per heavy atom. The minimum atomic E-state index is -1.03. The average molecular weight is 188 g/mol. The van der Waals surface area contributed by atoms with Crippen LogP contribution in [0.4, 0.5) is 4.79 Å². The van der Waals surface area contributed by atoms with E-state index >= 15 is 0 Å². The molecule has 0 aliphatic carbocycles. The first-order chi connectivity index (χ1) is 6.79. The van der Waals surface area contributed by atoms with E-state index in [2.05, 4.69) is 4.98 Å². The number of hydrogen-bond acceptors (Lipinski definition) is 2. The molecule has 0 aliphatic heterocycles. The summed E-state index contributed by atoms with van der Waals surface area (Å²) in [7, 11) is 0. The van der Waals surface area contributed by atoms with Gasteiger partial charge in [-0.2, -0.15) is 0 Å². The lowest BCUT2D eigenvalue weighted by atomic mass is 10.2. The fraction of sp³-hybridized carbons (Fsp3) is 0. The van der Waals surface area contributed by atoms with Crippen LogP contribution in [0.5, 0.6) is 0 Å². The Balaban J connectivity index is 2.52. The van der Waals surface area contributed by atoms with Crippen molar-refractivity contribution in [2.24, 2.45) is 0 Å². The highest BCUT2D eigenvalue weighted by Gasteiger charge is 2.09. The Labute approximate surface area is 80.4 Å². The van der Waals surface area contributed by atoms with Crippen LogP contribution in [0.1, 0.15) is 0 Å². The Hall–Kier alpha value is -2.10. The number of nitrogens with zero attached hydrogens (tertiary/aromatic N) is 2. The van der Waals surface area contributed by atoms with Gasteiger partial charge in [0.25, 0.3) is 0 Å². The third-order valence-corrected chi connectivity index (χ3v) is 1.88. The van der Waals surface area contributed by atoms with E-state index in [1.165, 1.54) is 12.4 Å². The molecule has 0 radical (unpaired) electrons. The van der Waals surface area contributed by atoms with E-state index in [9.17, 15) is 4.79 Å². The second-order valence-corrected chi connectivity index (χ2v) is 2.77. The van der Waals surface area contributed by atoms with Gasteiger partial charge < -0.3 is 5.11 Å². The molecule has 14 heavy (non-hydrogen) atoms. The smallest absolute Gasteiger partial charge is 0.417 e. The largest absolute Gasteiger partial charge is 0.464 e. The molecular weight excluding hydrogens is 180 g/mol. The fourth-order valence-electron chi connectivity index (χ4n) is 1.26. The van der Waals surface area contributed by atoms with Crippen LogP contribution in [0, 0.1) is 0 Å². The lowest BCUT2D eigenvalue weighted by Gasteiger charge is -2.00. The molecule has 4 heteroatoms. The summed E-state index contributed by atoms with van der Waals surface area (Å²) in [5.74, 6) is 0.443. The standard InChI is InChI=1S/C10H8N2O2/c13-10(14)12-7-6-11-9(12)8-4-2-1-3-5-8/h1-7H,(H,13,14). The lowest BCUT2D eigenvalue weighted by molar-refractivity contribution is 0.196. The topological polar surface area (TPSA) is 55.1 Å². The van der Waals surface area contributed by atoms with Gasteiger partial charge in [0.1, 0.15) is 5.82 Å². The van der Waals surface area contributed by atoms with Gasteiger partial charge in [0.15, 0.2) is 0 Å². The molecule has 0 aliphatic rings. The van der Waals surface area contributed by atoms with Crippen molar-refractivity contribution in [3.63, 3.8) is 0 Å². The molecule has 0 unspecified atom stereocenters. The number of rotatable bonds is 1. The molecule has 0 bridgehead atoms. The molecule has 1 aromatic carbocycles. The van der Waals surface area contributed by atoms with Gasteiger partial charge in [-0.1, -0.05) is 30.3 Å². The van der Waals surface area contributed by atoms with Gasteiger partial charge in [0, 0.05) is 18.0 Å². The van der Waals surface area contributed by atoms with E-state index in [1.807, 2.05) is 30.3 Å². The molecule has 0 amide bonds.